The summed E-state index contributed by atoms with van der Waals surface area (Å²) in [5, 5.41) is 21.2. The maximum absolute atomic E-state index is 12.5. The number of likely N-dealkylation sites (tertiary alicyclic amines) is 1. The fourth-order valence-electron chi connectivity index (χ4n) is 3.69. The van der Waals surface area contributed by atoms with Gasteiger partial charge in [-0.1, -0.05) is 24.3 Å². The van der Waals surface area contributed by atoms with E-state index in [1.165, 1.54) is 0 Å². The van der Waals surface area contributed by atoms with Crippen molar-refractivity contribution in [2.24, 2.45) is 0 Å². The highest BCUT2D eigenvalue weighted by Gasteiger charge is 2.29. The molecule has 0 bridgehead atoms. The Morgan fingerprint density at radius 1 is 1.12 bits per heavy atom. The van der Waals surface area contributed by atoms with Gasteiger partial charge in [0.05, 0.1) is 0 Å². The molecule has 6 heteroatoms. The predicted octanol–water partition coefficient (Wildman–Crippen LogP) is 3.20. The Morgan fingerprint density at radius 2 is 1.73 bits per heavy atom. The minimum absolute atomic E-state index is 0.114. The lowest BCUT2D eigenvalue weighted by molar-refractivity contribution is -0.140. The van der Waals surface area contributed by atoms with Crippen molar-refractivity contribution in [3.63, 3.8) is 0 Å². The number of piperidine rings is 1. The quantitative estimate of drug-likeness (QED) is 0.651. The van der Waals surface area contributed by atoms with Crippen LogP contribution < -0.4 is 0 Å². The van der Waals surface area contributed by atoms with Crippen LogP contribution in [0.5, 0.6) is 11.5 Å². The number of phenols is 2. The fourth-order valence-corrected chi connectivity index (χ4v) is 3.69. The Kier molecular flexibility index (Phi) is 5.02. The van der Waals surface area contributed by atoms with Crippen molar-refractivity contribution in [2.45, 2.75) is 45.2 Å². The molecule has 1 heterocycles. The van der Waals surface area contributed by atoms with E-state index >= 15 is 0 Å². The lowest BCUT2D eigenvalue weighted by Crippen LogP contribution is -2.49. The number of hydrogen-bond acceptors (Lipinski definition) is 5. The van der Waals surface area contributed by atoms with Crippen LogP contribution in [0.15, 0.2) is 30.3 Å². The van der Waals surface area contributed by atoms with Crippen molar-refractivity contribution < 1.29 is 24.5 Å². The number of fused-ring (bicyclic) bond motifs is 1. The first-order valence-corrected chi connectivity index (χ1v) is 8.82. The van der Waals surface area contributed by atoms with Gasteiger partial charge in [0.1, 0.15) is 17.1 Å². The zero-order valence-corrected chi connectivity index (χ0v) is 14.9. The second kappa shape index (κ2) is 7.23. The van der Waals surface area contributed by atoms with Gasteiger partial charge >= 0.3 is 5.97 Å². The molecule has 2 N–H and O–H groups in total. The first-order chi connectivity index (χ1) is 12.4. The molecule has 138 valence electrons. The summed E-state index contributed by atoms with van der Waals surface area (Å²) in [6.45, 7) is 3.59. The van der Waals surface area contributed by atoms with Gasteiger partial charge in [-0.2, -0.15) is 0 Å². The predicted molar refractivity (Wildman–Crippen MR) is 97.2 cm³/mol. The average molecular weight is 357 g/mol. The number of nitrogens with zero attached hydrogens (tertiary/aromatic N) is 1. The van der Waals surface area contributed by atoms with Gasteiger partial charge in [0.25, 0.3) is 5.91 Å². The maximum Gasteiger partial charge on any atom is 0.342 e. The topological polar surface area (TPSA) is 87.1 Å². The van der Waals surface area contributed by atoms with E-state index in [-0.39, 0.29) is 41.7 Å². The highest BCUT2D eigenvalue weighted by molar-refractivity contribution is 6.04. The van der Waals surface area contributed by atoms with Gasteiger partial charge < -0.3 is 19.8 Å². The molecule has 6 nitrogen and oxygen atoms in total. The molecule has 26 heavy (non-hydrogen) atoms. The minimum atomic E-state index is -0.839. The summed E-state index contributed by atoms with van der Waals surface area (Å²) >= 11 is 0. The lowest BCUT2D eigenvalue weighted by Gasteiger charge is -2.38. The Labute approximate surface area is 152 Å². The zero-order chi connectivity index (χ0) is 18.8. The monoisotopic (exact) mass is 357 g/mol. The number of carbonyl (C=O) groups excluding carboxylic acids is 2. The van der Waals surface area contributed by atoms with E-state index in [1.807, 2.05) is 13.8 Å². The molecular weight excluding hydrogens is 334 g/mol. The smallest absolute Gasteiger partial charge is 0.342 e. The third-order valence-corrected chi connectivity index (χ3v) is 5.02. The molecule has 0 saturated carbocycles. The van der Waals surface area contributed by atoms with Gasteiger partial charge in [-0.05, 0) is 39.2 Å². The van der Waals surface area contributed by atoms with Gasteiger partial charge in [-0.15, -0.1) is 0 Å². The molecule has 0 unspecified atom stereocenters. The average Bonchev–Trinajstić information content (AvgIpc) is 2.62. The van der Waals surface area contributed by atoms with Crippen LogP contribution in [0.2, 0.25) is 0 Å². The molecule has 0 aliphatic carbocycles. The van der Waals surface area contributed by atoms with E-state index in [0.29, 0.717) is 10.8 Å². The third kappa shape index (κ3) is 3.31. The number of ether oxygens (including phenoxy) is 1. The van der Waals surface area contributed by atoms with E-state index in [4.69, 9.17) is 4.74 Å². The minimum Gasteiger partial charge on any atom is -0.507 e. The molecule has 0 aromatic heterocycles. The highest BCUT2D eigenvalue weighted by Crippen LogP contribution is 2.35. The number of hydrogen-bond donors (Lipinski definition) is 2. The summed E-state index contributed by atoms with van der Waals surface area (Å²) in [6.07, 6.45) is 2.95. The number of carbonyl (C=O) groups is 2. The van der Waals surface area contributed by atoms with Gasteiger partial charge in [0, 0.05) is 22.9 Å². The Balaban J connectivity index is 1.75. The van der Waals surface area contributed by atoms with Crippen LogP contribution in [0.25, 0.3) is 10.8 Å². The van der Waals surface area contributed by atoms with Crippen LogP contribution in [-0.4, -0.2) is 45.7 Å². The second-order valence-electron chi connectivity index (χ2n) is 6.84. The standard InChI is InChI=1S/C20H23NO5/c1-12-6-5-7-13(2)21(12)18(23)11-26-20(25)16-10-17(22)14-8-3-4-9-15(14)19(16)24/h3-4,8-10,12-13,22,24H,5-7,11H2,1-2H3/t12-,13+. The lowest BCUT2D eigenvalue weighted by atomic mass is 9.97. The van der Waals surface area contributed by atoms with Crippen molar-refractivity contribution >= 4 is 22.6 Å². The van der Waals surface area contributed by atoms with Gasteiger partial charge in [-0.25, -0.2) is 4.79 Å². The largest absolute Gasteiger partial charge is 0.507 e. The fraction of sp³-hybridized carbons (Fsp3) is 0.400. The molecule has 0 spiro atoms. The van der Waals surface area contributed by atoms with Crippen LogP contribution >= 0.6 is 0 Å². The van der Waals surface area contributed by atoms with Crippen molar-refractivity contribution in [3.05, 3.63) is 35.9 Å². The molecule has 2 aromatic carbocycles. The van der Waals surface area contributed by atoms with Gasteiger partial charge in [0.2, 0.25) is 0 Å². The van der Waals surface area contributed by atoms with Crippen LogP contribution in [0.4, 0.5) is 0 Å². The second-order valence-corrected chi connectivity index (χ2v) is 6.84. The molecule has 0 radical (unpaired) electrons. The first-order valence-electron chi connectivity index (χ1n) is 8.82. The molecular formula is C20H23NO5. The first kappa shape index (κ1) is 18.0. The van der Waals surface area contributed by atoms with E-state index in [2.05, 4.69) is 0 Å². The SMILES string of the molecule is C[C@@H]1CCC[C@H](C)N1C(=O)COC(=O)c1cc(O)c2ccccc2c1O. The van der Waals surface area contributed by atoms with E-state index in [0.717, 1.165) is 25.3 Å². The summed E-state index contributed by atoms with van der Waals surface area (Å²) < 4.78 is 5.12. The molecule has 1 saturated heterocycles. The van der Waals surface area contributed by atoms with Crippen LogP contribution in [0.3, 0.4) is 0 Å². The summed E-state index contributed by atoms with van der Waals surface area (Å²) in [7, 11) is 0. The van der Waals surface area contributed by atoms with Crippen LogP contribution in [0, 0.1) is 0 Å². The molecule has 1 aliphatic rings. The molecule has 2 aromatic rings. The van der Waals surface area contributed by atoms with Gasteiger partial charge in [-0.3, -0.25) is 4.79 Å². The van der Waals surface area contributed by atoms with Crippen molar-refractivity contribution in [1.29, 1.82) is 0 Å². The van der Waals surface area contributed by atoms with Crippen LogP contribution in [0.1, 0.15) is 43.5 Å². The molecule has 2 atom stereocenters. The molecule has 1 fully saturated rings. The Hall–Kier alpha value is -2.76. The van der Waals surface area contributed by atoms with Gasteiger partial charge in [0.15, 0.2) is 6.61 Å². The number of phenolic OH excluding ortho intramolecular Hbond substituents is 2. The third-order valence-electron chi connectivity index (χ3n) is 5.02. The molecule has 3 rings (SSSR count). The van der Waals surface area contributed by atoms with Crippen molar-refractivity contribution in [2.75, 3.05) is 6.61 Å². The number of rotatable bonds is 3. The summed E-state index contributed by atoms with van der Waals surface area (Å²) in [5.74, 6) is -1.48. The Bertz CT molecular complexity index is 837. The van der Waals surface area contributed by atoms with E-state index < -0.39 is 5.97 Å². The van der Waals surface area contributed by atoms with Crippen molar-refractivity contribution in [3.8, 4) is 11.5 Å². The summed E-state index contributed by atoms with van der Waals surface area (Å²) in [4.78, 5) is 26.6. The number of benzene rings is 2. The van der Waals surface area contributed by atoms with Crippen molar-refractivity contribution in [1.82, 2.24) is 4.90 Å². The Morgan fingerprint density at radius 3 is 2.38 bits per heavy atom. The maximum atomic E-state index is 12.5. The van der Waals surface area contributed by atoms with E-state index in [1.54, 1.807) is 29.2 Å². The number of aromatic hydroxyl groups is 2. The number of esters is 1. The number of amides is 1. The molecule has 1 amide bonds. The van der Waals surface area contributed by atoms with E-state index in [9.17, 15) is 19.8 Å². The highest BCUT2D eigenvalue weighted by atomic mass is 16.5. The summed E-state index contributed by atoms with van der Waals surface area (Å²) in [5.41, 5.74) is -0.159. The molecule has 1 aliphatic heterocycles. The zero-order valence-electron chi connectivity index (χ0n) is 14.9. The normalized spacial score (nSPS) is 20.2. The van der Waals surface area contributed by atoms with Crippen LogP contribution in [-0.2, 0) is 9.53 Å². The summed E-state index contributed by atoms with van der Waals surface area (Å²) in [6, 6.07) is 8.05.